The quantitative estimate of drug-likeness (QED) is 0.171. The fourth-order valence-electron chi connectivity index (χ4n) is 4.69. The number of Topliss-reactive ketones (excluding diaryl/α,β-unsaturated/α-hetero) is 1. The highest BCUT2D eigenvalue weighted by Gasteiger charge is 2.29. The lowest BCUT2D eigenvalue weighted by molar-refractivity contribution is -0.115. The third-order valence-corrected chi connectivity index (χ3v) is 8.84. The van der Waals surface area contributed by atoms with Gasteiger partial charge in [0.2, 0.25) is 22.2 Å². The summed E-state index contributed by atoms with van der Waals surface area (Å²) < 4.78 is 33.4. The van der Waals surface area contributed by atoms with Gasteiger partial charge < -0.3 is 14.6 Å². The van der Waals surface area contributed by atoms with Gasteiger partial charge in [-0.05, 0) is 43.2 Å². The highest BCUT2D eigenvalue weighted by molar-refractivity contribution is 7.89. The molecule has 42 heavy (non-hydrogen) atoms. The molecule has 9 nitrogen and oxygen atoms in total. The van der Waals surface area contributed by atoms with Gasteiger partial charge in [-0.25, -0.2) is 13.2 Å². The van der Waals surface area contributed by atoms with Crippen LogP contribution < -0.4 is 0 Å². The number of sulfonamides is 1. The molecule has 1 saturated heterocycles. The van der Waals surface area contributed by atoms with Crippen molar-refractivity contribution in [1.82, 2.24) is 14.2 Å². The number of carbonyl (C=O) groups is 3. The van der Waals surface area contributed by atoms with Gasteiger partial charge in [-0.2, -0.15) is 4.31 Å². The predicted octanol–water partition coefficient (Wildman–Crippen LogP) is 5.22. The number of amides is 1. The summed E-state index contributed by atoms with van der Waals surface area (Å²) in [5, 5.41) is 0.743. The van der Waals surface area contributed by atoms with E-state index in [4.69, 9.17) is 4.74 Å². The van der Waals surface area contributed by atoms with Crippen LogP contribution in [0, 0.1) is 0 Å². The molecule has 5 rings (SSSR count). The lowest BCUT2D eigenvalue weighted by Gasteiger charge is -2.20. The molecule has 0 aliphatic carbocycles. The van der Waals surface area contributed by atoms with E-state index in [1.807, 2.05) is 30.3 Å². The van der Waals surface area contributed by atoms with E-state index in [-0.39, 0.29) is 16.2 Å². The van der Waals surface area contributed by atoms with Crippen LogP contribution in [0.5, 0.6) is 0 Å². The Labute approximate surface area is 246 Å². The number of esters is 1. The number of carbonyl (C=O) groups excluding carboxylic acids is 3. The molecule has 10 heteroatoms. The topological polar surface area (TPSA) is 117 Å². The van der Waals surface area contributed by atoms with Gasteiger partial charge in [0.25, 0.3) is 0 Å². The number of aromatic amines is 1. The minimum Gasteiger partial charge on any atom is -0.445 e. The lowest BCUT2D eigenvalue weighted by Crippen LogP contribution is -2.31. The third-order valence-electron chi connectivity index (χ3n) is 6.92. The summed E-state index contributed by atoms with van der Waals surface area (Å²) in [6, 6.07) is 22.0. The molecule has 0 bridgehead atoms. The normalized spacial score (nSPS) is 14.6. The summed E-state index contributed by atoms with van der Waals surface area (Å²) >= 11 is 0. The highest BCUT2D eigenvalue weighted by atomic mass is 32.2. The molecule has 1 amide bonds. The van der Waals surface area contributed by atoms with Crippen molar-refractivity contribution in [2.45, 2.75) is 36.7 Å². The minimum absolute atomic E-state index is 0.139. The molecule has 1 aromatic heterocycles. The average Bonchev–Trinajstić information content (AvgIpc) is 3.24. The number of benzene rings is 3. The van der Waals surface area contributed by atoms with Gasteiger partial charge in [-0.1, -0.05) is 61.4 Å². The van der Waals surface area contributed by atoms with E-state index < -0.39 is 22.1 Å². The summed E-state index contributed by atoms with van der Waals surface area (Å²) in [5.74, 6) is -1.06. The molecule has 220 valence electrons. The molecule has 0 spiro atoms. The van der Waals surface area contributed by atoms with Crippen molar-refractivity contribution >= 4 is 39.1 Å². The van der Waals surface area contributed by atoms with Crippen molar-refractivity contribution < 1.29 is 27.5 Å². The van der Waals surface area contributed by atoms with Crippen LogP contribution in [-0.4, -0.2) is 68.0 Å². The molecular weight excluding hydrogens is 554 g/mol. The van der Waals surface area contributed by atoms with E-state index >= 15 is 0 Å². The van der Waals surface area contributed by atoms with Crippen molar-refractivity contribution in [2.75, 3.05) is 27.2 Å². The lowest BCUT2D eigenvalue weighted by atomic mass is 9.99. The van der Waals surface area contributed by atoms with Gasteiger partial charge in [0.1, 0.15) is 0 Å². The van der Waals surface area contributed by atoms with E-state index in [9.17, 15) is 22.8 Å². The van der Waals surface area contributed by atoms with E-state index in [2.05, 4.69) is 4.98 Å². The Morgan fingerprint density at radius 3 is 2.10 bits per heavy atom. The number of nitrogens with one attached hydrogen (secondary N) is 1. The zero-order valence-electron chi connectivity index (χ0n) is 23.7. The second kappa shape index (κ2) is 14.1. The Morgan fingerprint density at radius 2 is 1.48 bits per heavy atom. The van der Waals surface area contributed by atoms with Crippen LogP contribution in [0.4, 0.5) is 0 Å². The van der Waals surface area contributed by atoms with Gasteiger partial charge in [0, 0.05) is 55.4 Å². The van der Waals surface area contributed by atoms with E-state index in [1.54, 1.807) is 44.6 Å². The van der Waals surface area contributed by atoms with Crippen molar-refractivity contribution in [2.24, 2.45) is 0 Å². The van der Waals surface area contributed by atoms with Crippen molar-refractivity contribution in [3.63, 3.8) is 0 Å². The fourth-order valence-corrected chi connectivity index (χ4v) is 6.20. The second-order valence-corrected chi connectivity index (χ2v) is 12.2. The maximum atomic E-state index is 13.6. The number of hydrogen-bond acceptors (Lipinski definition) is 6. The number of aromatic nitrogens is 1. The number of para-hydroxylation sites is 1. The number of ketones is 1. The van der Waals surface area contributed by atoms with E-state index in [0.29, 0.717) is 24.2 Å². The Balaban J connectivity index is 0.000000748. The van der Waals surface area contributed by atoms with Crippen LogP contribution in [0.25, 0.3) is 10.9 Å². The largest absolute Gasteiger partial charge is 0.445 e. The number of hydrogen-bond donors (Lipinski definition) is 1. The standard InChI is InChI=1S/C29H28N2O5S.C3H7NO/c32-27(25-20-30-26-13-7-6-12-24(25)26)28(21-10-4-3-5-11-21)36-29(33)22-14-16-23(17-15-22)37(34,35)31-18-8-1-2-9-19-31;1-4(2)3-5/h3-7,10-17,20,28,30H,1-2,8-9,18-19H2;3H,1-2H3. The van der Waals surface area contributed by atoms with Gasteiger partial charge in [-0.3, -0.25) is 9.59 Å². The number of H-pyrrole nitrogens is 1. The number of fused-ring (bicyclic) bond motifs is 1. The summed E-state index contributed by atoms with van der Waals surface area (Å²) in [5.41, 5.74) is 1.95. The van der Waals surface area contributed by atoms with Crippen molar-refractivity contribution in [1.29, 1.82) is 0 Å². The Morgan fingerprint density at radius 1 is 0.881 bits per heavy atom. The molecule has 1 unspecified atom stereocenters. The van der Waals surface area contributed by atoms with Crippen LogP contribution in [0.3, 0.4) is 0 Å². The molecule has 1 N–H and O–H groups in total. The van der Waals surface area contributed by atoms with Crippen LogP contribution in [-0.2, 0) is 19.6 Å². The summed E-state index contributed by atoms with van der Waals surface area (Å²) in [7, 11) is -0.259. The first-order chi connectivity index (χ1) is 20.2. The van der Waals surface area contributed by atoms with Crippen LogP contribution in [0.15, 0.2) is 90.0 Å². The zero-order chi connectivity index (χ0) is 30.1. The smallest absolute Gasteiger partial charge is 0.339 e. The molecule has 4 aromatic rings. The summed E-state index contributed by atoms with van der Waals surface area (Å²) in [4.78, 5) is 40.8. The van der Waals surface area contributed by atoms with Crippen molar-refractivity contribution in [3.05, 3.63) is 102 Å². The average molecular weight is 590 g/mol. The molecule has 1 aliphatic rings. The number of ether oxygens (including phenoxy) is 1. The number of rotatable bonds is 8. The Kier molecular flexibility index (Phi) is 10.3. The van der Waals surface area contributed by atoms with Crippen molar-refractivity contribution in [3.8, 4) is 0 Å². The van der Waals surface area contributed by atoms with Gasteiger partial charge in [-0.15, -0.1) is 0 Å². The summed E-state index contributed by atoms with van der Waals surface area (Å²) in [6.45, 7) is 1.00. The molecule has 3 aromatic carbocycles. The zero-order valence-corrected chi connectivity index (χ0v) is 24.5. The first kappa shape index (κ1) is 30.7. The van der Waals surface area contributed by atoms with Crippen LogP contribution in [0.1, 0.15) is 58.1 Å². The second-order valence-electron chi connectivity index (χ2n) is 10.2. The van der Waals surface area contributed by atoms with Crippen LogP contribution in [0.2, 0.25) is 0 Å². The van der Waals surface area contributed by atoms with Gasteiger partial charge in [0.15, 0.2) is 6.10 Å². The Hall–Kier alpha value is -4.28. The fraction of sp³-hybridized carbons (Fsp3) is 0.281. The van der Waals surface area contributed by atoms with E-state index in [0.717, 1.165) is 43.0 Å². The van der Waals surface area contributed by atoms with Crippen LogP contribution >= 0.6 is 0 Å². The first-order valence-electron chi connectivity index (χ1n) is 13.8. The molecule has 0 saturated carbocycles. The first-order valence-corrected chi connectivity index (χ1v) is 15.2. The van der Waals surface area contributed by atoms with Gasteiger partial charge >= 0.3 is 5.97 Å². The maximum Gasteiger partial charge on any atom is 0.339 e. The Bertz CT molecular complexity index is 1610. The maximum absolute atomic E-state index is 13.6. The molecule has 1 atom stereocenters. The van der Waals surface area contributed by atoms with E-state index in [1.165, 1.54) is 33.5 Å². The highest BCUT2D eigenvalue weighted by Crippen LogP contribution is 2.28. The molecule has 0 radical (unpaired) electrons. The molecule has 1 aliphatic heterocycles. The molecule has 2 heterocycles. The predicted molar refractivity (Wildman–Crippen MR) is 161 cm³/mol. The SMILES string of the molecule is CN(C)C=O.O=C(OC(C(=O)c1c[nH]c2ccccc12)c1ccccc1)c1ccc(S(=O)(=O)N2CCCCCC2)cc1. The minimum atomic E-state index is -3.63. The molecule has 1 fully saturated rings. The monoisotopic (exact) mass is 589 g/mol. The van der Waals surface area contributed by atoms with Gasteiger partial charge in [0.05, 0.1) is 10.5 Å². The number of nitrogens with zero attached hydrogens (tertiary/aromatic N) is 2. The summed E-state index contributed by atoms with van der Waals surface area (Å²) in [6.07, 6.45) is 4.95. The molecular formula is C32H35N3O6S. The third kappa shape index (κ3) is 7.32.